The molecule has 0 atom stereocenters. The Morgan fingerprint density at radius 1 is 0.684 bits per heavy atom. The Morgan fingerprint density at radius 3 is 1.37 bits per heavy atom. The molecule has 0 amide bonds. The molecule has 0 saturated carbocycles. The normalized spacial score (nSPS) is 13.1. The van der Waals surface area contributed by atoms with E-state index in [9.17, 15) is 35.1 Å². The van der Waals surface area contributed by atoms with E-state index in [0.29, 0.717) is 24.3 Å². The molecule has 0 nitrogen and oxygen atoms in total. The van der Waals surface area contributed by atoms with Gasteiger partial charge in [0.25, 0.3) is 0 Å². The lowest BCUT2D eigenvalue weighted by atomic mass is 10.1. The van der Waals surface area contributed by atoms with Crippen molar-refractivity contribution in [3.8, 4) is 0 Å². The third-order valence-corrected chi connectivity index (χ3v) is 2.00. The average molecular weight is 288 g/mol. The highest BCUT2D eigenvalue weighted by atomic mass is 19.4. The van der Waals surface area contributed by atoms with Crippen LogP contribution in [0.15, 0.2) is 36.2 Å². The molecule has 0 N–H and O–H groups in total. The van der Waals surface area contributed by atoms with Gasteiger partial charge in [-0.25, -0.2) is 8.78 Å². The van der Waals surface area contributed by atoms with Crippen LogP contribution in [0, 0.1) is 0 Å². The SMILES string of the molecule is FC(F)=C(F)c1ccc(/C(F)=C(\F)C(F)(F)F)cc1. The zero-order valence-electron chi connectivity index (χ0n) is 8.83. The van der Waals surface area contributed by atoms with E-state index >= 15 is 0 Å². The fourth-order valence-electron chi connectivity index (χ4n) is 1.12. The Bertz CT molecular complexity index is 517. The number of hydrogen-bond acceptors (Lipinski definition) is 0. The Hall–Kier alpha value is -1.86. The van der Waals surface area contributed by atoms with Crippen LogP contribution in [0.2, 0.25) is 0 Å². The number of rotatable bonds is 2. The van der Waals surface area contributed by atoms with Crippen LogP contribution in [0.5, 0.6) is 0 Å². The Labute approximate surface area is 101 Å². The summed E-state index contributed by atoms with van der Waals surface area (Å²) in [5.74, 6) is -7.05. The van der Waals surface area contributed by atoms with Crippen LogP contribution in [-0.2, 0) is 0 Å². The van der Waals surface area contributed by atoms with Gasteiger partial charge in [-0.15, -0.1) is 0 Å². The minimum Gasteiger partial charge on any atom is -0.203 e. The molecule has 19 heavy (non-hydrogen) atoms. The van der Waals surface area contributed by atoms with Crippen molar-refractivity contribution in [2.75, 3.05) is 0 Å². The standard InChI is InChI=1S/C11H4F8/c12-7(9(14)11(17,18)19)5-1-3-6(4-2-5)8(13)10(15)16/h1-4H/b9-7+. The molecule has 104 valence electrons. The van der Waals surface area contributed by atoms with Crippen molar-refractivity contribution in [2.24, 2.45) is 0 Å². The number of halogens is 8. The van der Waals surface area contributed by atoms with E-state index < -0.39 is 40.9 Å². The molecule has 1 aromatic rings. The van der Waals surface area contributed by atoms with Crippen molar-refractivity contribution in [3.05, 3.63) is 47.3 Å². The van der Waals surface area contributed by atoms with Gasteiger partial charge in [-0.3, -0.25) is 0 Å². The van der Waals surface area contributed by atoms with Gasteiger partial charge in [0, 0.05) is 11.1 Å². The van der Waals surface area contributed by atoms with Crippen LogP contribution in [-0.4, -0.2) is 6.18 Å². The van der Waals surface area contributed by atoms with Gasteiger partial charge in [0.05, 0.1) is 0 Å². The maximum Gasteiger partial charge on any atom is 0.445 e. The van der Waals surface area contributed by atoms with Crippen molar-refractivity contribution in [2.45, 2.75) is 6.18 Å². The van der Waals surface area contributed by atoms with Crippen LogP contribution in [0.25, 0.3) is 11.7 Å². The number of benzene rings is 1. The summed E-state index contributed by atoms with van der Waals surface area (Å²) in [5, 5.41) is 0. The molecular weight excluding hydrogens is 284 g/mol. The lowest BCUT2D eigenvalue weighted by Gasteiger charge is -2.05. The fraction of sp³-hybridized carbons (Fsp3) is 0.0909. The van der Waals surface area contributed by atoms with Gasteiger partial charge < -0.3 is 0 Å². The average Bonchev–Trinajstić information content (AvgIpc) is 2.35. The molecule has 0 heterocycles. The molecule has 0 aliphatic rings. The van der Waals surface area contributed by atoms with Crippen molar-refractivity contribution in [1.29, 1.82) is 0 Å². The second-order valence-corrected chi connectivity index (χ2v) is 3.28. The van der Waals surface area contributed by atoms with Gasteiger partial charge in [0.15, 0.2) is 11.7 Å². The van der Waals surface area contributed by atoms with Crippen molar-refractivity contribution in [3.63, 3.8) is 0 Å². The van der Waals surface area contributed by atoms with E-state index in [4.69, 9.17) is 0 Å². The summed E-state index contributed by atoms with van der Waals surface area (Å²) < 4.78 is 97.6. The lowest BCUT2D eigenvalue weighted by molar-refractivity contribution is -0.108. The van der Waals surface area contributed by atoms with Gasteiger partial charge in [-0.1, -0.05) is 24.3 Å². The molecule has 0 unspecified atom stereocenters. The Morgan fingerprint density at radius 2 is 1.05 bits per heavy atom. The molecule has 0 saturated heterocycles. The molecule has 1 aromatic carbocycles. The van der Waals surface area contributed by atoms with E-state index in [2.05, 4.69) is 0 Å². The second kappa shape index (κ2) is 5.41. The molecular formula is C11H4F8. The van der Waals surface area contributed by atoms with E-state index in [-0.39, 0.29) is 0 Å². The molecule has 0 aromatic heterocycles. The predicted octanol–water partition coefficient (Wildman–Crippen LogP) is 5.39. The molecule has 0 aliphatic heterocycles. The van der Waals surface area contributed by atoms with Gasteiger partial charge >= 0.3 is 12.3 Å². The predicted molar refractivity (Wildman–Crippen MR) is 51.9 cm³/mol. The summed E-state index contributed by atoms with van der Waals surface area (Å²) in [4.78, 5) is 0. The fourth-order valence-corrected chi connectivity index (χ4v) is 1.12. The first-order valence-corrected chi connectivity index (χ1v) is 4.58. The molecule has 0 aliphatic carbocycles. The Balaban J connectivity index is 3.17. The van der Waals surface area contributed by atoms with E-state index in [1.807, 2.05) is 0 Å². The highest BCUT2D eigenvalue weighted by Gasteiger charge is 2.38. The molecule has 1 rings (SSSR count). The van der Waals surface area contributed by atoms with Crippen LogP contribution in [0.4, 0.5) is 35.1 Å². The van der Waals surface area contributed by atoms with Gasteiger partial charge in [-0.05, 0) is 0 Å². The van der Waals surface area contributed by atoms with E-state index in [0.717, 1.165) is 0 Å². The minimum absolute atomic E-state index is 0.554. The minimum atomic E-state index is -5.50. The van der Waals surface area contributed by atoms with Crippen molar-refractivity contribution < 1.29 is 35.1 Å². The zero-order valence-corrected chi connectivity index (χ0v) is 8.83. The largest absolute Gasteiger partial charge is 0.445 e. The maximum atomic E-state index is 13.0. The first-order valence-electron chi connectivity index (χ1n) is 4.58. The topological polar surface area (TPSA) is 0 Å². The maximum absolute atomic E-state index is 13.0. The summed E-state index contributed by atoms with van der Waals surface area (Å²) in [6.45, 7) is 0. The third kappa shape index (κ3) is 3.55. The Kier molecular flexibility index (Phi) is 4.33. The molecule has 8 heteroatoms. The third-order valence-electron chi connectivity index (χ3n) is 2.00. The second-order valence-electron chi connectivity index (χ2n) is 3.28. The van der Waals surface area contributed by atoms with Crippen LogP contribution in [0.1, 0.15) is 11.1 Å². The summed E-state index contributed by atoms with van der Waals surface area (Å²) in [7, 11) is 0. The van der Waals surface area contributed by atoms with Crippen molar-refractivity contribution >= 4 is 11.7 Å². The summed E-state index contributed by atoms with van der Waals surface area (Å²) in [6.07, 6.45) is -8.14. The number of hydrogen-bond donors (Lipinski definition) is 0. The van der Waals surface area contributed by atoms with E-state index in [1.165, 1.54) is 0 Å². The summed E-state index contributed by atoms with van der Waals surface area (Å²) >= 11 is 0. The highest BCUT2D eigenvalue weighted by molar-refractivity contribution is 5.66. The first kappa shape index (κ1) is 15.2. The monoisotopic (exact) mass is 288 g/mol. The zero-order chi connectivity index (χ0) is 14.8. The van der Waals surface area contributed by atoms with Crippen LogP contribution >= 0.6 is 0 Å². The lowest BCUT2D eigenvalue weighted by Crippen LogP contribution is -2.09. The smallest absolute Gasteiger partial charge is 0.203 e. The van der Waals surface area contributed by atoms with Crippen molar-refractivity contribution in [1.82, 2.24) is 0 Å². The van der Waals surface area contributed by atoms with Crippen LogP contribution < -0.4 is 0 Å². The molecule has 0 bridgehead atoms. The number of allylic oxidation sites excluding steroid dienone is 1. The summed E-state index contributed by atoms with van der Waals surface area (Å²) in [5.41, 5.74) is -1.50. The summed E-state index contributed by atoms with van der Waals surface area (Å²) in [6, 6.07) is 2.32. The first-order chi connectivity index (χ1) is 8.64. The van der Waals surface area contributed by atoms with Gasteiger partial charge in [0.2, 0.25) is 5.83 Å². The molecule has 0 radical (unpaired) electrons. The quantitative estimate of drug-likeness (QED) is 0.640. The van der Waals surface area contributed by atoms with Crippen LogP contribution in [0.3, 0.4) is 0 Å². The van der Waals surface area contributed by atoms with E-state index in [1.54, 1.807) is 0 Å². The number of alkyl halides is 3. The molecule has 0 spiro atoms. The van der Waals surface area contributed by atoms with Gasteiger partial charge in [-0.2, -0.15) is 26.3 Å². The molecule has 0 fully saturated rings. The highest BCUT2D eigenvalue weighted by Crippen LogP contribution is 2.34. The van der Waals surface area contributed by atoms with Gasteiger partial charge in [0.1, 0.15) is 0 Å².